The number of rotatable bonds is 7. The minimum atomic E-state index is -0.443. The van der Waals surface area contributed by atoms with Crippen molar-refractivity contribution in [1.82, 2.24) is 15.6 Å². The van der Waals surface area contributed by atoms with Crippen molar-refractivity contribution in [2.75, 3.05) is 6.61 Å². The van der Waals surface area contributed by atoms with E-state index in [1.807, 2.05) is 49.4 Å². The number of carbonyl (C=O) groups excluding carboxylic acids is 1. The molecular weight excluding hydrogens is 404 g/mol. The number of hydrazone groups is 1. The number of hydrogen-bond donors (Lipinski definition) is 3. The maximum Gasteiger partial charge on any atom is 0.289 e. The lowest BCUT2D eigenvalue weighted by Gasteiger charge is -2.07. The van der Waals surface area contributed by atoms with Gasteiger partial charge in [0.05, 0.1) is 18.5 Å². The summed E-state index contributed by atoms with van der Waals surface area (Å²) in [6.07, 6.45) is 1.36. The summed E-state index contributed by atoms with van der Waals surface area (Å²) in [5.41, 5.74) is 6.92. The van der Waals surface area contributed by atoms with E-state index in [0.717, 1.165) is 16.7 Å². The average molecular weight is 426 g/mol. The number of nitrogens with one attached hydrogen (secondary N) is 2. The summed E-state index contributed by atoms with van der Waals surface area (Å²) in [5.74, 6) is -0.115. The summed E-state index contributed by atoms with van der Waals surface area (Å²) in [7, 11) is 0. The third-order valence-electron chi connectivity index (χ3n) is 4.81. The molecule has 0 atom stereocenters. The Bertz CT molecular complexity index is 1230. The first kappa shape index (κ1) is 20.9. The topological polar surface area (TPSA) is 99.6 Å². The van der Waals surface area contributed by atoms with Crippen LogP contribution in [0.3, 0.4) is 0 Å². The molecule has 4 rings (SSSR count). The van der Waals surface area contributed by atoms with Crippen LogP contribution in [0.4, 0.5) is 0 Å². The van der Waals surface area contributed by atoms with Gasteiger partial charge in [0.1, 0.15) is 5.69 Å². The van der Waals surface area contributed by atoms with Crippen LogP contribution < -0.4 is 10.2 Å². The quantitative estimate of drug-likeness (QED) is 0.297. The molecule has 160 valence electrons. The number of aromatic nitrogens is 2. The highest BCUT2D eigenvalue weighted by Crippen LogP contribution is 2.28. The van der Waals surface area contributed by atoms with Gasteiger partial charge < -0.3 is 9.84 Å². The largest absolute Gasteiger partial charge is 0.504 e. The number of aromatic hydroxyl groups is 1. The normalized spacial score (nSPS) is 10.9. The summed E-state index contributed by atoms with van der Waals surface area (Å²) >= 11 is 0. The van der Waals surface area contributed by atoms with E-state index in [4.69, 9.17) is 4.74 Å². The van der Waals surface area contributed by atoms with Gasteiger partial charge in [-0.25, -0.2) is 5.43 Å². The SMILES string of the molecule is CCOc1cccc(/C=N/NC(=O)c2cc(-c3ccc(-c4ccccc4)cc3)n[nH]2)c1O. The van der Waals surface area contributed by atoms with Gasteiger partial charge in [-0.3, -0.25) is 9.89 Å². The third kappa shape index (κ3) is 4.67. The number of phenols is 1. The van der Waals surface area contributed by atoms with E-state index >= 15 is 0 Å². The molecule has 3 aromatic carbocycles. The highest BCUT2D eigenvalue weighted by atomic mass is 16.5. The molecule has 0 fully saturated rings. The average Bonchev–Trinajstić information content (AvgIpc) is 3.33. The first-order valence-electron chi connectivity index (χ1n) is 10.1. The second kappa shape index (κ2) is 9.61. The number of aromatic amines is 1. The van der Waals surface area contributed by atoms with Gasteiger partial charge in [0.15, 0.2) is 11.5 Å². The minimum absolute atomic E-state index is 0.0323. The molecule has 0 unspecified atom stereocenters. The Hall–Kier alpha value is -4.39. The van der Waals surface area contributed by atoms with Gasteiger partial charge in [-0.05, 0) is 36.2 Å². The maximum atomic E-state index is 12.4. The molecule has 7 heteroatoms. The van der Waals surface area contributed by atoms with Crippen LogP contribution in [0, 0.1) is 0 Å². The molecule has 0 saturated carbocycles. The van der Waals surface area contributed by atoms with E-state index in [2.05, 4.69) is 32.9 Å². The van der Waals surface area contributed by atoms with E-state index < -0.39 is 5.91 Å². The molecule has 1 heterocycles. The number of ether oxygens (including phenoxy) is 1. The van der Waals surface area contributed by atoms with Crippen LogP contribution in [-0.2, 0) is 0 Å². The first-order valence-corrected chi connectivity index (χ1v) is 10.1. The Balaban J connectivity index is 1.42. The fraction of sp³-hybridized carbons (Fsp3) is 0.0800. The molecule has 3 N–H and O–H groups in total. The van der Waals surface area contributed by atoms with Crippen LogP contribution in [0.2, 0.25) is 0 Å². The smallest absolute Gasteiger partial charge is 0.289 e. The first-order chi connectivity index (χ1) is 15.7. The lowest BCUT2D eigenvalue weighted by molar-refractivity contribution is 0.0950. The molecule has 7 nitrogen and oxygen atoms in total. The number of H-pyrrole nitrogens is 1. The van der Waals surface area contributed by atoms with Crippen LogP contribution in [0.5, 0.6) is 11.5 Å². The molecule has 0 aliphatic heterocycles. The Labute approximate surface area is 185 Å². The van der Waals surface area contributed by atoms with Crippen molar-refractivity contribution < 1.29 is 14.6 Å². The van der Waals surface area contributed by atoms with Crippen LogP contribution in [0.15, 0.2) is 84.0 Å². The minimum Gasteiger partial charge on any atom is -0.504 e. The summed E-state index contributed by atoms with van der Waals surface area (Å²) in [4.78, 5) is 12.4. The van der Waals surface area contributed by atoms with Gasteiger partial charge >= 0.3 is 0 Å². The zero-order chi connectivity index (χ0) is 22.3. The molecule has 0 radical (unpaired) electrons. The highest BCUT2D eigenvalue weighted by Gasteiger charge is 2.11. The fourth-order valence-corrected chi connectivity index (χ4v) is 3.19. The van der Waals surface area contributed by atoms with Crippen molar-refractivity contribution in [3.63, 3.8) is 0 Å². The van der Waals surface area contributed by atoms with E-state index in [1.165, 1.54) is 6.21 Å². The molecule has 0 aliphatic carbocycles. The van der Waals surface area contributed by atoms with E-state index in [0.29, 0.717) is 23.6 Å². The van der Waals surface area contributed by atoms with Crippen LogP contribution in [-0.4, -0.2) is 34.0 Å². The molecule has 4 aromatic rings. The van der Waals surface area contributed by atoms with E-state index in [1.54, 1.807) is 24.3 Å². The number of amides is 1. The molecule has 0 aliphatic rings. The number of benzene rings is 3. The zero-order valence-electron chi connectivity index (χ0n) is 17.4. The van der Waals surface area contributed by atoms with Crippen LogP contribution in [0.25, 0.3) is 22.4 Å². The molecule has 0 saturated heterocycles. The van der Waals surface area contributed by atoms with Crippen LogP contribution in [0.1, 0.15) is 23.0 Å². The highest BCUT2D eigenvalue weighted by molar-refractivity contribution is 5.94. The third-order valence-corrected chi connectivity index (χ3v) is 4.81. The Morgan fingerprint density at radius 3 is 2.50 bits per heavy atom. The Kier molecular flexibility index (Phi) is 6.27. The summed E-state index contributed by atoms with van der Waals surface area (Å²) in [6, 6.07) is 24.8. The Morgan fingerprint density at radius 2 is 1.75 bits per heavy atom. The molecule has 1 amide bonds. The van der Waals surface area contributed by atoms with Gasteiger partial charge in [0, 0.05) is 11.1 Å². The molecule has 0 bridgehead atoms. The molecule has 32 heavy (non-hydrogen) atoms. The van der Waals surface area contributed by atoms with Crippen molar-refractivity contribution in [2.24, 2.45) is 5.10 Å². The zero-order valence-corrected chi connectivity index (χ0v) is 17.4. The molecule has 1 aromatic heterocycles. The second-order valence-electron chi connectivity index (χ2n) is 6.94. The standard InChI is InChI=1S/C25H22N4O3/c1-2-32-23-10-6-9-20(24(23)30)16-26-29-25(31)22-15-21(27-28-22)19-13-11-18(12-14-19)17-7-4-3-5-8-17/h3-16,30H,2H2,1H3,(H,27,28)(H,29,31)/b26-16+. The predicted molar refractivity (Wildman–Crippen MR) is 124 cm³/mol. The van der Waals surface area contributed by atoms with E-state index in [9.17, 15) is 9.90 Å². The van der Waals surface area contributed by atoms with Gasteiger partial charge in [0.2, 0.25) is 0 Å². The molecule has 0 spiro atoms. The van der Waals surface area contributed by atoms with Gasteiger partial charge in [-0.2, -0.15) is 10.2 Å². The molecular formula is C25H22N4O3. The van der Waals surface area contributed by atoms with Crippen LogP contribution >= 0.6 is 0 Å². The number of carbonyl (C=O) groups is 1. The number of nitrogens with zero attached hydrogens (tertiary/aromatic N) is 2. The van der Waals surface area contributed by atoms with Crippen molar-refractivity contribution in [2.45, 2.75) is 6.92 Å². The summed E-state index contributed by atoms with van der Waals surface area (Å²) in [5, 5.41) is 21.1. The predicted octanol–water partition coefficient (Wildman–Crippen LogP) is 4.61. The van der Waals surface area contributed by atoms with Crippen molar-refractivity contribution in [3.05, 3.63) is 90.1 Å². The van der Waals surface area contributed by atoms with E-state index in [-0.39, 0.29) is 11.4 Å². The number of para-hydroxylation sites is 1. The van der Waals surface area contributed by atoms with Crippen molar-refractivity contribution >= 4 is 12.1 Å². The van der Waals surface area contributed by atoms with Crippen molar-refractivity contribution in [1.29, 1.82) is 0 Å². The monoisotopic (exact) mass is 426 g/mol. The number of phenolic OH excluding ortho intramolecular Hbond substituents is 1. The fourth-order valence-electron chi connectivity index (χ4n) is 3.19. The van der Waals surface area contributed by atoms with Gasteiger partial charge in [-0.15, -0.1) is 0 Å². The van der Waals surface area contributed by atoms with Gasteiger partial charge in [-0.1, -0.05) is 60.7 Å². The van der Waals surface area contributed by atoms with Crippen molar-refractivity contribution in [3.8, 4) is 33.9 Å². The van der Waals surface area contributed by atoms with Gasteiger partial charge in [0.25, 0.3) is 5.91 Å². The maximum absolute atomic E-state index is 12.4. The summed E-state index contributed by atoms with van der Waals surface area (Å²) < 4.78 is 5.34. The lowest BCUT2D eigenvalue weighted by atomic mass is 10.0. The number of hydrogen-bond acceptors (Lipinski definition) is 5. The second-order valence-corrected chi connectivity index (χ2v) is 6.94. The summed E-state index contributed by atoms with van der Waals surface area (Å²) in [6.45, 7) is 2.26. The Morgan fingerprint density at radius 1 is 1.03 bits per heavy atom. The lowest BCUT2D eigenvalue weighted by Crippen LogP contribution is -2.18.